The molecule has 0 saturated carbocycles. The number of carbonyl (C=O) groups excluding carboxylic acids is 1. The van der Waals surface area contributed by atoms with Crippen LogP contribution >= 0.6 is 0 Å². The van der Waals surface area contributed by atoms with Gasteiger partial charge in [-0.2, -0.15) is 0 Å². The van der Waals surface area contributed by atoms with Crippen LogP contribution in [0.4, 0.5) is 4.39 Å². The molecule has 0 aliphatic rings. The number of hydrogen-bond donors (Lipinski definition) is 0. The van der Waals surface area contributed by atoms with Crippen LogP contribution in [0.1, 0.15) is 16.1 Å². The average Bonchev–Trinajstić information content (AvgIpc) is 2.62. The minimum absolute atomic E-state index is 0.0598. The molecule has 0 atom stereocenters. The van der Waals surface area contributed by atoms with Crippen molar-refractivity contribution in [1.82, 2.24) is 4.90 Å². The van der Waals surface area contributed by atoms with E-state index in [1.807, 2.05) is 0 Å². The molecule has 0 aliphatic heterocycles. The topological polar surface area (TPSA) is 59.8 Å². The van der Waals surface area contributed by atoms with Crippen LogP contribution in [0.3, 0.4) is 0 Å². The van der Waals surface area contributed by atoms with Gasteiger partial charge in [0.05, 0.1) is 12.5 Å². The number of carbonyl (C=O) groups is 1. The van der Waals surface area contributed by atoms with E-state index in [9.17, 15) is 14.0 Å². The monoisotopic (exact) mass is 341 g/mol. The minimum Gasteiger partial charge on any atom is -0.497 e. The van der Waals surface area contributed by atoms with E-state index >= 15 is 0 Å². The highest BCUT2D eigenvalue weighted by atomic mass is 19.1. The number of methoxy groups -OCH3 is 1. The summed E-state index contributed by atoms with van der Waals surface area (Å²) in [6, 6.07) is 11.8. The molecule has 25 heavy (non-hydrogen) atoms. The number of halogens is 1. The lowest BCUT2D eigenvalue weighted by molar-refractivity contribution is 0.0754. The first-order chi connectivity index (χ1) is 12.0. The molecule has 3 rings (SSSR count). The van der Waals surface area contributed by atoms with E-state index in [4.69, 9.17) is 9.15 Å². The Kier molecular flexibility index (Phi) is 4.52. The van der Waals surface area contributed by atoms with Gasteiger partial charge in [-0.15, -0.1) is 0 Å². The Hall–Kier alpha value is -3.15. The van der Waals surface area contributed by atoms with Gasteiger partial charge >= 0.3 is 0 Å². The highest BCUT2D eigenvalue weighted by molar-refractivity contribution is 5.93. The van der Waals surface area contributed by atoms with E-state index < -0.39 is 5.91 Å². The Morgan fingerprint density at radius 1 is 1.16 bits per heavy atom. The molecule has 2 aromatic carbocycles. The molecular weight excluding hydrogens is 325 g/mol. The van der Waals surface area contributed by atoms with Crippen LogP contribution in [0.15, 0.2) is 57.7 Å². The third-order valence-electron chi connectivity index (χ3n) is 3.83. The Bertz CT molecular complexity index is 979. The largest absolute Gasteiger partial charge is 0.497 e. The van der Waals surface area contributed by atoms with Gasteiger partial charge in [0.2, 0.25) is 0 Å². The standard InChI is InChI=1S/C19H16FNO4/c1-21(11-12-3-5-13(20)6-4-12)19(23)18-10-16(22)15-8-7-14(24-2)9-17(15)25-18/h3-10H,11H2,1-2H3. The summed E-state index contributed by atoms with van der Waals surface area (Å²) in [5, 5.41) is 0.374. The van der Waals surface area contributed by atoms with Crippen LogP contribution in [0, 0.1) is 5.82 Å². The second kappa shape index (κ2) is 6.76. The lowest BCUT2D eigenvalue weighted by Gasteiger charge is -2.16. The normalized spacial score (nSPS) is 10.7. The maximum atomic E-state index is 13.0. The first-order valence-corrected chi connectivity index (χ1v) is 7.60. The first kappa shape index (κ1) is 16.7. The molecule has 0 N–H and O–H groups in total. The van der Waals surface area contributed by atoms with Crippen molar-refractivity contribution >= 4 is 16.9 Å². The maximum absolute atomic E-state index is 13.0. The van der Waals surface area contributed by atoms with Gasteiger partial charge in [-0.25, -0.2) is 4.39 Å². The van der Waals surface area contributed by atoms with Gasteiger partial charge < -0.3 is 14.1 Å². The Morgan fingerprint density at radius 2 is 1.88 bits per heavy atom. The molecule has 1 amide bonds. The van der Waals surface area contributed by atoms with Crippen LogP contribution in [-0.4, -0.2) is 25.0 Å². The van der Waals surface area contributed by atoms with E-state index in [1.165, 1.54) is 30.2 Å². The summed E-state index contributed by atoms with van der Waals surface area (Å²) in [5.41, 5.74) is 0.745. The number of amides is 1. The molecular formula is C19H16FNO4. The third-order valence-corrected chi connectivity index (χ3v) is 3.83. The SMILES string of the molecule is COc1ccc2c(=O)cc(C(=O)N(C)Cc3ccc(F)cc3)oc2c1. The third kappa shape index (κ3) is 3.52. The second-order valence-electron chi connectivity index (χ2n) is 5.62. The molecule has 128 valence electrons. The number of rotatable bonds is 4. The van der Waals surface area contributed by atoms with Gasteiger partial charge in [0.25, 0.3) is 5.91 Å². The molecule has 1 heterocycles. The van der Waals surface area contributed by atoms with Crippen LogP contribution in [0.25, 0.3) is 11.0 Å². The Balaban J connectivity index is 1.90. The lowest BCUT2D eigenvalue weighted by atomic mass is 10.2. The predicted octanol–water partition coefficient (Wildman–Crippen LogP) is 3.21. The molecule has 0 unspecified atom stereocenters. The summed E-state index contributed by atoms with van der Waals surface area (Å²) in [6.07, 6.45) is 0. The van der Waals surface area contributed by atoms with Gasteiger partial charge in [-0.05, 0) is 29.8 Å². The van der Waals surface area contributed by atoms with Gasteiger partial charge in [0.1, 0.15) is 17.1 Å². The number of ether oxygens (including phenoxy) is 1. The smallest absolute Gasteiger partial charge is 0.289 e. The zero-order valence-electron chi connectivity index (χ0n) is 13.8. The van der Waals surface area contributed by atoms with Crippen molar-refractivity contribution in [1.29, 1.82) is 0 Å². The fourth-order valence-corrected chi connectivity index (χ4v) is 2.49. The van der Waals surface area contributed by atoms with Crippen LogP contribution in [-0.2, 0) is 6.54 Å². The van der Waals surface area contributed by atoms with Gasteiger partial charge in [0, 0.05) is 25.7 Å². The summed E-state index contributed by atoms with van der Waals surface area (Å²) in [6.45, 7) is 0.263. The van der Waals surface area contributed by atoms with Gasteiger partial charge in [-0.3, -0.25) is 9.59 Å². The average molecular weight is 341 g/mol. The molecule has 0 spiro atoms. The van der Waals surface area contributed by atoms with Gasteiger partial charge in [0.15, 0.2) is 11.2 Å². The van der Waals surface area contributed by atoms with Crippen molar-refractivity contribution in [2.45, 2.75) is 6.54 Å². The van der Waals surface area contributed by atoms with E-state index in [-0.39, 0.29) is 29.1 Å². The zero-order chi connectivity index (χ0) is 18.0. The molecule has 6 heteroatoms. The molecule has 0 radical (unpaired) electrons. The van der Waals surface area contributed by atoms with Crippen LogP contribution in [0.5, 0.6) is 5.75 Å². The van der Waals surface area contributed by atoms with Crippen molar-refractivity contribution in [2.75, 3.05) is 14.2 Å². The minimum atomic E-state index is -0.439. The van der Waals surface area contributed by atoms with E-state index in [1.54, 1.807) is 37.4 Å². The van der Waals surface area contributed by atoms with E-state index in [2.05, 4.69) is 0 Å². The maximum Gasteiger partial charge on any atom is 0.289 e. The molecule has 0 fully saturated rings. The van der Waals surface area contributed by atoms with Crippen molar-refractivity contribution in [3.63, 3.8) is 0 Å². The van der Waals surface area contributed by atoms with Crippen molar-refractivity contribution < 1.29 is 18.3 Å². The first-order valence-electron chi connectivity index (χ1n) is 7.60. The summed E-state index contributed by atoms with van der Waals surface area (Å²) >= 11 is 0. The molecule has 0 aliphatic carbocycles. The molecule has 3 aromatic rings. The van der Waals surface area contributed by atoms with E-state index in [0.29, 0.717) is 11.1 Å². The number of nitrogens with zero attached hydrogens (tertiary/aromatic N) is 1. The Morgan fingerprint density at radius 3 is 2.56 bits per heavy atom. The highest BCUT2D eigenvalue weighted by Gasteiger charge is 2.17. The van der Waals surface area contributed by atoms with E-state index in [0.717, 1.165) is 5.56 Å². The summed E-state index contributed by atoms with van der Waals surface area (Å²) < 4.78 is 23.7. The Labute approximate surface area is 143 Å². The fraction of sp³-hybridized carbons (Fsp3) is 0.158. The lowest BCUT2D eigenvalue weighted by Crippen LogP contribution is -2.27. The molecule has 0 bridgehead atoms. The number of hydrogen-bond acceptors (Lipinski definition) is 4. The van der Waals surface area contributed by atoms with Crippen LogP contribution < -0.4 is 10.2 Å². The van der Waals surface area contributed by atoms with Gasteiger partial charge in [-0.1, -0.05) is 12.1 Å². The van der Waals surface area contributed by atoms with Crippen molar-refractivity contribution in [3.8, 4) is 5.75 Å². The predicted molar refractivity (Wildman–Crippen MR) is 91.2 cm³/mol. The van der Waals surface area contributed by atoms with Crippen molar-refractivity contribution in [2.24, 2.45) is 0 Å². The molecule has 0 saturated heterocycles. The summed E-state index contributed by atoms with van der Waals surface area (Å²) in [7, 11) is 3.09. The number of benzene rings is 2. The summed E-state index contributed by atoms with van der Waals surface area (Å²) in [5.74, 6) is -0.311. The zero-order valence-corrected chi connectivity index (χ0v) is 13.8. The summed E-state index contributed by atoms with van der Waals surface area (Å²) in [4.78, 5) is 26.2. The molecule has 1 aromatic heterocycles. The number of fused-ring (bicyclic) bond motifs is 1. The molecule has 5 nitrogen and oxygen atoms in total. The quantitative estimate of drug-likeness (QED) is 0.731. The van der Waals surface area contributed by atoms with Crippen molar-refractivity contribution in [3.05, 3.63) is 75.9 Å². The fourth-order valence-electron chi connectivity index (χ4n) is 2.49. The van der Waals surface area contributed by atoms with Crippen LogP contribution in [0.2, 0.25) is 0 Å². The highest BCUT2D eigenvalue weighted by Crippen LogP contribution is 2.20. The second-order valence-corrected chi connectivity index (χ2v) is 5.62.